The number of unbranched alkanes of at least 4 members (excludes halogenated alkanes) is 3. The Morgan fingerprint density at radius 1 is 1.22 bits per heavy atom. The minimum Gasteiger partial charge on any atom is -0.271 e. The van der Waals surface area contributed by atoms with Gasteiger partial charge in [0.1, 0.15) is 0 Å². The third-order valence-electron chi connectivity index (χ3n) is 3.12. The van der Waals surface area contributed by atoms with Gasteiger partial charge in [0.15, 0.2) is 0 Å². The Kier molecular flexibility index (Phi) is 7.68. The van der Waals surface area contributed by atoms with Gasteiger partial charge in [0.2, 0.25) is 0 Å². The first-order valence-electron chi connectivity index (χ1n) is 6.57. The van der Waals surface area contributed by atoms with Crippen LogP contribution >= 0.6 is 23.2 Å². The lowest BCUT2D eigenvalue weighted by Gasteiger charge is -2.16. The first-order valence-corrected chi connectivity index (χ1v) is 7.33. The first kappa shape index (κ1) is 15.8. The van der Waals surface area contributed by atoms with Gasteiger partial charge in [0.05, 0.1) is 0 Å². The lowest BCUT2D eigenvalue weighted by Crippen LogP contribution is -2.36. The van der Waals surface area contributed by atoms with Gasteiger partial charge >= 0.3 is 0 Å². The van der Waals surface area contributed by atoms with Crippen LogP contribution in [0.3, 0.4) is 0 Å². The number of hydrogen-bond donors (Lipinski definition) is 2. The fourth-order valence-electron chi connectivity index (χ4n) is 2.03. The van der Waals surface area contributed by atoms with Gasteiger partial charge in [-0.3, -0.25) is 11.3 Å². The monoisotopic (exact) mass is 288 g/mol. The zero-order chi connectivity index (χ0) is 13.4. The SMILES string of the molecule is CCCCCCC(Cc1cc(Cl)ccc1Cl)NN. The normalized spacial score (nSPS) is 12.7. The molecule has 0 aliphatic rings. The quantitative estimate of drug-likeness (QED) is 0.424. The van der Waals surface area contributed by atoms with Crippen LogP contribution in [0.1, 0.15) is 44.6 Å². The van der Waals surface area contributed by atoms with Crippen molar-refractivity contribution >= 4 is 23.2 Å². The highest BCUT2D eigenvalue weighted by atomic mass is 35.5. The molecule has 0 heterocycles. The van der Waals surface area contributed by atoms with Crippen molar-refractivity contribution in [3.05, 3.63) is 33.8 Å². The highest BCUT2D eigenvalue weighted by Gasteiger charge is 2.10. The molecule has 1 atom stereocenters. The van der Waals surface area contributed by atoms with E-state index in [1.54, 1.807) is 6.07 Å². The van der Waals surface area contributed by atoms with Gasteiger partial charge in [-0.1, -0.05) is 55.8 Å². The van der Waals surface area contributed by atoms with Gasteiger partial charge in [0, 0.05) is 16.1 Å². The van der Waals surface area contributed by atoms with Crippen molar-refractivity contribution in [3.8, 4) is 0 Å². The van der Waals surface area contributed by atoms with Crippen molar-refractivity contribution in [1.82, 2.24) is 5.43 Å². The summed E-state index contributed by atoms with van der Waals surface area (Å²) in [4.78, 5) is 0. The van der Waals surface area contributed by atoms with E-state index in [1.807, 2.05) is 12.1 Å². The van der Waals surface area contributed by atoms with Crippen LogP contribution in [0.5, 0.6) is 0 Å². The van der Waals surface area contributed by atoms with E-state index in [4.69, 9.17) is 29.0 Å². The van der Waals surface area contributed by atoms with Crippen molar-refractivity contribution in [3.63, 3.8) is 0 Å². The van der Waals surface area contributed by atoms with Crippen LogP contribution in [-0.4, -0.2) is 6.04 Å². The van der Waals surface area contributed by atoms with E-state index in [2.05, 4.69) is 12.3 Å². The second-order valence-electron chi connectivity index (χ2n) is 4.65. The Labute approximate surface area is 120 Å². The molecule has 18 heavy (non-hydrogen) atoms. The maximum absolute atomic E-state index is 6.15. The number of nitrogens with two attached hydrogens (primary N) is 1. The number of nitrogens with one attached hydrogen (secondary N) is 1. The van der Waals surface area contributed by atoms with E-state index in [0.717, 1.165) is 28.5 Å². The Morgan fingerprint density at radius 3 is 2.67 bits per heavy atom. The second-order valence-corrected chi connectivity index (χ2v) is 5.50. The standard InChI is InChI=1S/C14H22Cl2N2/c1-2-3-4-5-6-13(18-17)10-11-9-12(15)7-8-14(11)16/h7-9,13,18H,2-6,10,17H2,1H3. The Hall–Kier alpha value is -0.280. The zero-order valence-corrected chi connectivity index (χ0v) is 12.4. The van der Waals surface area contributed by atoms with Gasteiger partial charge in [-0.2, -0.15) is 0 Å². The van der Waals surface area contributed by atoms with Gasteiger partial charge in [0.25, 0.3) is 0 Å². The summed E-state index contributed by atoms with van der Waals surface area (Å²) in [6.45, 7) is 2.21. The van der Waals surface area contributed by atoms with Crippen molar-refractivity contribution in [2.75, 3.05) is 0 Å². The summed E-state index contributed by atoms with van der Waals surface area (Å²) in [5.74, 6) is 5.60. The molecule has 3 N–H and O–H groups in total. The van der Waals surface area contributed by atoms with Crippen LogP contribution in [0.25, 0.3) is 0 Å². The molecule has 2 nitrogen and oxygen atoms in total. The molecule has 0 bridgehead atoms. The summed E-state index contributed by atoms with van der Waals surface area (Å²) in [6, 6.07) is 5.82. The van der Waals surface area contributed by atoms with Gasteiger partial charge in [-0.25, -0.2) is 0 Å². The van der Waals surface area contributed by atoms with Crippen LogP contribution in [0.4, 0.5) is 0 Å². The van der Waals surface area contributed by atoms with Crippen molar-refractivity contribution < 1.29 is 0 Å². The highest BCUT2D eigenvalue weighted by molar-refractivity contribution is 6.33. The largest absolute Gasteiger partial charge is 0.271 e. The van der Waals surface area contributed by atoms with E-state index in [9.17, 15) is 0 Å². The second kappa shape index (κ2) is 8.76. The molecule has 0 spiro atoms. The topological polar surface area (TPSA) is 38.0 Å². The lowest BCUT2D eigenvalue weighted by atomic mass is 10.0. The lowest BCUT2D eigenvalue weighted by molar-refractivity contribution is 0.463. The molecule has 1 aromatic carbocycles. The number of benzene rings is 1. The molecule has 0 aliphatic heterocycles. The van der Waals surface area contributed by atoms with Crippen LogP contribution in [0.15, 0.2) is 18.2 Å². The summed E-state index contributed by atoms with van der Waals surface area (Å²) in [7, 11) is 0. The van der Waals surface area contributed by atoms with Crippen molar-refractivity contribution in [2.45, 2.75) is 51.5 Å². The summed E-state index contributed by atoms with van der Waals surface area (Å²) >= 11 is 12.1. The molecule has 0 saturated heterocycles. The van der Waals surface area contributed by atoms with E-state index < -0.39 is 0 Å². The van der Waals surface area contributed by atoms with Crippen LogP contribution in [0, 0.1) is 0 Å². The van der Waals surface area contributed by atoms with Gasteiger partial charge in [-0.05, 0) is 36.6 Å². The molecule has 0 aliphatic carbocycles. The fourth-order valence-corrected chi connectivity index (χ4v) is 2.42. The smallest absolute Gasteiger partial charge is 0.0439 e. The minimum absolute atomic E-state index is 0.262. The summed E-state index contributed by atoms with van der Waals surface area (Å²) in [5, 5.41) is 1.48. The Balaban J connectivity index is 2.48. The molecule has 0 aromatic heterocycles. The molecular formula is C14H22Cl2N2. The minimum atomic E-state index is 0.262. The van der Waals surface area contributed by atoms with E-state index in [-0.39, 0.29) is 6.04 Å². The number of rotatable bonds is 8. The molecule has 1 aromatic rings. The molecule has 1 unspecified atom stereocenters. The maximum atomic E-state index is 6.15. The molecule has 1 rings (SSSR count). The Bertz CT molecular complexity index is 356. The summed E-state index contributed by atoms with van der Waals surface area (Å²) in [5.41, 5.74) is 3.93. The van der Waals surface area contributed by atoms with E-state index >= 15 is 0 Å². The van der Waals surface area contributed by atoms with Crippen LogP contribution < -0.4 is 11.3 Å². The number of hydrogen-bond acceptors (Lipinski definition) is 2. The predicted molar refractivity (Wildman–Crippen MR) is 80.0 cm³/mol. The van der Waals surface area contributed by atoms with Gasteiger partial charge < -0.3 is 0 Å². The first-order chi connectivity index (χ1) is 8.67. The number of hydrazine groups is 1. The summed E-state index contributed by atoms with van der Waals surface area (Å²) < 4.78 is 0. The zero-order valence-electron chi connectivity index (χ0n) is 10.9. The summed E-state index contributed by atoms with van der Waals surface area (Å²) in [6.07, 6.45) is 6.89. The van der Waals surface area contributed by atoms with Crippen LogP contribution in [-0.2, 0) is 6.42 Å². The highest BCUT2D eigenvalue weighted by Crippen LogP contribution is 2.22. The van der Waals surface area contributed by atoms with Gasteiger partial charge in [-0.15, -0.1) is 0 Å². The van der Waals surface area contributed by atoms with Crippen molar-refractivity contribution in [1.29, 1.82) is 0 Å². The van der Waals surface area contributed by atoms with E-state index in [1.165, 1.54) is 25.7 Å². The third-order valence-corrected chi connectivity index (χ3v) is 3.72. The van der Waals surface area contributed by atoms with E-state index in [0.29, 0.717) is 0 Å². The number of halogens is 2. The molecule has 0 fully saturated rings. The maximum Gasteiger partial charge on any atom is 0.0439 e. The average molecular weight is 289 g/mol. The predicted octanol–water partition coefficient (Wildman–Crippen LogP) is 4.34. The molecular weight excluding hydrogens is 267 g/mol. The molecule has 4 heteroatoms. The third kappa shape index (κ3) is 5.57. The Morgan fingerprint density at radius 2 is 2.00 bits per heavy atom. The molecule has 102 valence electrons. The fraction of sp³-hybridized carbons (Fsp3) is 0.571. The van der Waals surface area contributed by atoms with Crippen LogP contribution in [0.2, 0.25) is 10.0 Å². The average Bonchev–Trinajstić information content (AvgIpc) is 2.37. The van der Waals surface area contributed by atoms with Crippen molar-refractivity contribution in [2.24, 2.45) is 5.84 Å². The molecule has 0 radical (unpaired) electrons. The molecule has 0 amide bonds. The molecule has 0 saturated carbocycles.